The molecule has 0 aromatic heterocycles. The lowest BCUT2D eigenvalue weighted by atomic mass is 9.74. The Balaban J connectivity index is 1.61. The summed E-state index contributed by atoms with van der Waals surface area (Å²) in [5.41, 5.74) is 2.81. The number of benzene rings is 2. The van der Waals surface area contributed by atoms with Gasteiger partial charge in [-0.3, -0.25) is 4.90 Å². The Morgan fingerprint density at radius 3 is 2.52 bits per heavy atom. The van der Waals surface area contributed by atoms with Crippen molar-refractivity contribution in [3.63, 3.8) is 0 Å². The molecule has 2 N–H and O–H groups in total. The van der Waals surface area contributed by atoms with Gasteiger partial charge in [-0.25, -0.2) is 8.42 Å². The molecule has 0 amide bonds. The Morgan fingerprint density at radius 1 is 1.12 bits per heavy atom. The van der Waals surface area contributed by atoms with Crippen LogP contribution in [-0.2, 0) is 10.0 Å². The molecule has 0 radical (unpaired) electrons. The first-order valence-electron chi connectivity index (χ1n) is 11.5. The fourth-order valence-corrected chi connectivity index (χ4v) is 6.63. The van der Waals surface area contributed by atoms with Crippen molar-refractivity contribution in [2.75, 3.05) is 26.2 Å². The largest absolute Gasteiger partial charge is 0.395 e. The monoisotopic (exact) mass is 468 g/mol. The van der Waals surface area contributed by atoms with E-state index < -0.39 is 16.1 Å². The molecule has 4 rings (SSSR count). The Labute approximate surface area is 196 Å². The van der Waals surface area contributed by atoms with Gasteiger partial charge in [-0.05, 0) is 68.6 Å². The van der Waals surface area contributed by atoms with Crippen molar-refractivity contribution in [2.45, 2.75) is 55.7 Å². The lowest BCUT2D eigenvalue weighted by molar-refractivity contribution is -0.0553. The maximum Gasteiger partial charge on any atom is 0.243 e. The van der Waals surface area contributed by atoms with Crippen LogP contribution in [0.3, 0.4) is 0 Å². The molecule has 0 saturated carbocycles. The van der Waals surface area contributed by atoms with E-state index in [0.29, 0.717) is 18.0 Å². The minimum Gasteiger partial charge on any atom is -0.395 e. The van der Waals surface area contributed by atoms with Crippen LogP contribution in [-0.4, -0.2) is 72.3 Å². The molecule has 0 bridgehead atoms. The molecule has 2 heterocycles. The van der Waals surface area contributed by atoms with Gasteiger partial charge in [0, 0.05) is 36.7 Å². The molecule has 2 saturated heterocycles. The number of sulfonamides is 1. The van der Waals surface area contributed by atoms with E-state index in [-0.39, 0.29) is 24.6 Å². The number of hydrogen-bond donors (Lipinski definition) is 2. The number of aliphatic hydroxyl groups excluding tert-OH is 2. The second kappa shape index (κ2) is 9.96. The minimum atomic E-state index is -3.60. The topological polar surface area (TPSA) is 81.1 Å². The van der Waals surface area contributed by atoms with Crippen molar-refractivity contribution < 1.29 is 18.6 Å². The highest BCUT2D eigenvalue weighted by Gasteiger charge is 2.50. The summed E-state index contributed by atoms with van der Waals surface area (Å²) in [5, 5.41) is 19.5. The number of fused-ring (bicyclic) bond motifs is 1. The van der Waals surface area contributed by atoms with Crippen molar-refractivity contribution in [1.29, 1.82) is 0 Å². The molecule has 2 aliphatic rings. The predicted octanol–water partition coefficient (Wildman–Crippen LogP) is 2.34. The second-order valence-corrected chi connectivity index (χ2v) is 11.0. The van der Waals surface area contributed by atoms with Crippen molar-refractivity contribution in [1.82, 2.24) is 9.21 Å². The van der Waals surface area contributed by atoms with Gasteiger partial charge in [-0.15, -0.1) is 0 Å². The van der Waals surface area contributed by atoms with E-state index in [2.05, 4.69) is 16.7 Å². The zero-order valence-corrected chi connectivity index (χ0v) is 20.0. The summed E-state index contributed by atoms with van der Waals surface area (Å²) < 4.78 is 28.6. The molecule has 7 heteroatoms. The predicted molar refractivity (Wildman–Crippen MR) is 128 cm³/mol. The zero-order chi connectivity index (χ0) is 23.6. The summed E-state index contributed by atoms with van der Waals surface area (Å²) in [6, 6.07) is 14.9. The van der Waals surface area contributed by atoms with E-state index in [1.54, 1.807) is 29.4 Å². The summed E-state index contributed by atoms with van der Waals surface area (Å²) in [4.78, 5) is 2.61. The first-order valence-corrected chi connectivity index (χ1v) is 13.0. The van der Waals surface area contributed by atoms with Crippen molar-refractivity contribution >= 4 is 10.0 Å². The van der Waals surface area contributed by atoms with Gasteiger partial charge in [0.1, 0.15) is 6.10 Å². The molecule has 33 heavy (non-hydrogen) atoms. The van der Waals surface area contributed by atoms with Crippen LogP contribution in [0.4, 0.5) is 0 Å². The van der Waals surface area contributed by atoms with Crippen LogP contribution in [0.25, 0.3) is 0 Å². The first kappa shape index (κ1) is 23.9. The van der Waals surface area contributed by atoms with E-state index >= 15 is 0 Å². The van der Waals surface area contributed by atoms with E-state index in [1.165, 1.54) is 0 Å². The minimum absolute atomic E-state index is 0.0106. The van der Waals surface area contributed by atoms with Crippen LogP contribution in [0.15, 0.2) is 53.4 Å². The number of aryl methyl sites for hydroxylation is 1. The summed E-state index contributed by atoms with van der Waals surface area (Å²) in [6.07, 6.45) is 1.01. The van der Waals surface area contributed by atoms with E-state index in [4.69, 9.17) is 0 Å². The van der Waals surface area contributed by atoms with Crippen LogP contribution in [0.5, 0.6) is 0 Å². The average molecular weight is 469 g/mol. The second-order valence-electron chi connectivity index (χ2n) is 9.03. The molecule has 0 spiro atoms. The Hall–Kier alpha value is -2.21. The Morgan fingerprint density at radius 2 is 1.85 bits per heavy atom. The third-order valence-corrected chi connectivity index (χ3v) is 8.54. The van der Waals surface area contributed by atoms with E-state index in [0.717, 1.165) is 36.1 Å². The molecule has 0 unspecified atom stereocenters. The van der Waals surface area contributed by atoms with Gasteiger partial charge >= 0.3 is 0 Å². The van der Waals surface area contributed by atoms with Crippen LogP contribution >= 0.6 is 0 Å². The standard InChI is InChI=1S/C26H32N2O4S/c1-19-6-5-7-23(16-19)33(31,32)27-14-3-4-15-28-24(17-27)26(25(28)18-29)22-12-10-21(11-13-22)9-8-20(2)30/h5-7,10-13,16,20,24-26,29-30H,3-4,14-15,17-18H2,1-2H3/t20-,24+,25+,26-/m1/s1. The summed E-state index contributed by atoms with van der Waals surface area (Å²) >= 11 is 0. The van der Waals surface area contributed by atoms with Crippen LogP contribution in [0, 0.1) is 18.8 Å². The third kappa shape index (κ3) is 5.01. The van der Waals surface area contributed by atoms with Gasteiger partial charge in [0.25, 0.3) is 0 Å². The van der Waals surface area contributed by atoms with Gasteiger partial charge < -0.3 is 10.2 Å². The van der Waals surface area contributed by atoms with Gasteiger partial charge in [0.15, 0.2) is 0 Å². The smallest absolute Gasteiger partial charge is 0.243 e. The van der Waals surface area contributed by atoms with Crippen LogP contribution < -0.4 is 0 Å². The normalized spacial score (nSPS) is 25.0. The van der Waals surface area contributed by atoms with Crippen molar-refractivity contribution in [3.05, 3.63) is 65.2 Å². The number of rotatable bonds is 4. The number of hydrogen-bond acceptors (Lipinski definition) is 5. The molecule has 2 aliphatic heterocycles. The number of aliphatic hydroxyl groups is 2. The highest BCUT2D eigenvalue weighted by Crippen LogP contribution is 2.42. The van der Waals surface area contributed by atoms with E-state index in [9.17, 15) is 18.6 Å². The molecule has 2 aromatic rings. The lowest BCUT2D eigenvalue weighted by Gasteiger charge is -2.57. The van der Waals surface area contributed by atoms with Gasteiger partial charge in [-0.2, -0.15) is 4.31 Å². The first-order chi connectivity index (χ1) is 15.8. The Bertz CT molecular complexity index is 1130. The molecule has 0 aliphatic carbocycles. The molecule has 2 fully saturated rings. The average Bonchev–Trinajstić information content (AvgIpc) is 2.77. The van der Waals surface area contributed by atoms with Gasteiger partial charge in [0.05, 0.1) is 11.5 Å². The molecule has 176 valence electrons. The van der Waals surface area contributed by atoms with Crippen molar-refractivity contribution in [3.8, 4) is 11.8 Å². The maximum absolute atomic E-state index is 13.5. The van der Waals surface area contributed by atoms with Gasteiger partial charge in [-0.1, -0.05) is 36.1 Å². The van der Waals surface area contributed by atoms with E-state index in [1.807, 2.05) is 37.3 Å². The fourth-order valence-electron chi connectivity index (χ4n) is 5.03. The lowest BCUT2D eigenvalue weighted by Crippen LogP contribution is -2.67. The third-order valence-electron chi connectivity index (χ3n) is 6.68. The van der Waals surface area contributed by atoms with Gasteiger partial charge in [0.2, 0.25) is 10.0 Å². The maximum atomic E-state index is 13.5. The van der Waals surface area contributed by atoms with Crippen LogP contribution in [0.1, 0.15) is 42.4 Å². The quantitative estimate of drug-likeness (QED) is 0.674. The summed E-state index contributed by atoms with van der Waals surface area (Å²) in [7, 11) is -3.60. The molecule has 4 atom stereocenters. The molecule has 2 aromatic carbocycles. The molecule has 6 nitrogen and oxygen atoms in total. The Kier molecular flexibility index (Phi) is 7.22. The number of nitrogens with zero attached hydrogens (tertiary/aromatic N) is 2. The summed E-state index contributed by atoms with van der Waals surface area (Å²) in [6.45, 7) is 5.34. The molecular weight excluding hydrogens is 436 g/mol. The fraction of sp³-hybridized carbons (Fsp3) is 0.462. The highest BCUT2D eigenvalue weighted by atomic mass is 32.2. The zero-order valence-electron chi connectivity index (χ0n) is 19.2. The van der Waals surface area contributed by atoms with Crippen molar-refractivity contribution in [2.24, 2.45) is 0 Å². The SMILES string of the molecule is Cc1cccc(S(=O)(=O)N2CCCCN3[C@@H](CO)[C@H](c4ccc(C#C[C@@H](C)O)cc4)[C@@H]3C2)c1. The van der Waals surface area contributed by atoms with Crippen LogP contribution in [0.2, 0.25) is 0 Å². The summed E-state index contributed by atoms with van der Waals surface area (Å²) in [5.74, 6) is 5.74. The highest BCUT2D eigenvalue weighted by molar-refractivity contribution is 7.89. The molecular formula is C26H32N2O4S.